The van der Waals surface area contributed by atoms with Crippen molar-refractivity contribution in [2.24, 2.45) is 5.16 Å². The molecule has 4 rings (SSSR count). The molecular formula is C15H9N3O. The maximum Gasteiger partial charge on any atom is 0.138 e. The lowest BCUT2D eigenvalue weighted by atomic mass is 10.1. The molecule has 90 valence electrons. The van der Waals surface area contributed by atoms with Gasteiger partial charge in [-0.05, 0) is 12.1 Å². The zero-order chi connectivity index (χ0) is 12.8. The summed E-state index contributed by atoms with van der Waals surface area (Å²) in [7, 11) is 0. The first-order valence-electron chi connectivity index (χ1n) is 5.97. The molecule has 1 N–H and O–H groups in total. The van der Waals surface area contributed by atoms with Crippen LogP contribution >= 0.6 is 0 Å². The van der Waals surface area contributed by atoms with Gasteiger partial charge in [-0.1, -0.05) is 41.6 Å². The molecule has 1 aromatic heterocycles. The Kier molecular flexibility index (Phi) is 1.94. The molecule has 1 aliphatic carbocycles. The van der Waals surface area contributed by atoms with Crippen LogP contribution in [0.25, 0.3) is 22.3 Å². The van der Waals surface area contributed by atoms with Crippen molar-refractivity contribution >= 4 is 16.7 Å². The minimum Gasteiger partial charge on any atom is -0.410 e. The third-order valence-corrected chi connectivity index (χ3v) is 3.33. The Balaban J connectivity index is 2.14. The molecule has 1 aliphatic rings. The minimum absolute atomic E-state index is 0.490. The van der Waals surface area contributed by atoms with Crippen molar-refractivity contribution < 1.29 is 5.21 Å². The standard InChI is InChI=1S/C15H9N3O/c19-18-14-10-6-2-1-5-9(10)13-15(14)17-12-8-4-3-7-11(12)16-13/h1-8,19H. The Morgan fingerprint density at radius 2 is 1.32 bits per heavy atom. The number of nitrogens with zero attached hydrogens (tertiary/aromatic N) is 3. The first-order chi connectivity index (χ1) is 9.38. The van der Waals surface area contributed by atoms with Crippen LogP contribution in [-0.4, -0.2) is 20.9 Å². The van der Waals surface area contributed by atoms with E-state index in [4.69, 9.17) is 0 Å². The zero-order valence-corrected chi connectivity index (χ0v) is 9.91. The van der Waals surface area contributed by atoms with E-state index in [9.17, 15) is 5.21 Å². The Labute approximate surface area is 109 Å². The number of fused-ring (bicyclic) bond motifs is 4. The van der Waals surface area contributed by atoms with Gasteiger partial charge < -0.3 is 5.21 Å². The molecule has 0 amide bonds. The summed E-state index contributed by atoms with van der Waals surface area (Å²) < 4.78 is 0. The molecule has 0 aliphatic heterocycles. The molecule has 0 radical (unpaired) electrons. The maximum atomic E-state index is 9.25. The molecule has 0 saturated carbocycles. The van der Waals surface area contributed by atoms with Gasteiger partial charge in [-0.25, -0.2) is 9.97 Å². The van der Waals surface area contributed by atoms with Gasteiger partial charge in [-0.2, -0.15) is 0 Å². The van der Waals surface area contributed by atoms with Crippen LogP contribution in [0, 0.1) is 0 Å². The highest BCUT2D eigenvalue weighted by molar-refractivity contribution is 6.23. The molecule has 3 aromatic rings. The van der Waals surface area contributed by atoms with E-state index >= 15 is 0 Å². The fourth-order valence-electron chi connectivity index (χ4n) is 2.48. The summed E-state index contributed by atoms with van der Waals surface area (Å²) in [5.41, 5.74) is 5.39. The Bertz CT molecular complexity index is 840. The van der Waals surface area contributed by atoms with Gasteiger partial charge in [0.15, 0.2) is 0 Å². The Morgan fingerprint density at radius 3 is 2.00 bits per heavy atom. The lowest BCUT2D eigenvalue weighted by molar-refractivity contribution is 0.319. The van der Waals surface area contributed by atoms with Crippen LogP contribution in [0.3, 0.4) is 0 Å². The third-order valence-electron chi connectivity index (χ3n) is 3.33. The molecule has 2 aromatic carbocycles. The average Bonchev–Trinajstić information content (AvgIpc) is 2.78. The van der Waals surface area contributed by atoms with Crippen molar-refractivity contribution in [1.29, 1.82) is 0 Å². The van der Waals surface area contributed by atoms with Crippen LogP contribution in [0.5, 0.6) is 0 Å². The van der Waals surface area contributed by atoms with Crippen LogP contribution < -0.4 is 0 Å². The van der Waals surface area contributed by atoms with Crippen LogP contribution in [0.2, 0.25) is 0 Å². The second kappa shape index (κ2) is 3.62. The summed E-state index contributed by atoms with van der Waals surface area (Å²) in [5.74, 6) is 0. The summed E-state index contributed by atoms with van der Waals surface area (Å²) in [6, 6.07) is 15.4. The van der Waals surface area contributed by atoms with Gasteiger partial charge in [0.1, 0.15) is 11.4 Å². The summed E-state index contributed by atoms with van der Waals surface area (Å²) in [6.07, 6.45) is 0. The Hall–Kier alpha value is -2.75. The highest BCUT2D eigenvalue weighted by atomic mass is 16.4. The largest absolute Gasteiger partial charge is 0.410 e. The van der Waals surface area contributed by atoms with Crippen molar-refractivity contribution in [3.05, 3.63) is 59.8 Å². The van der Waals surface area contributed by atoms with Gasteiger partial charge >= 0.3 is 0 Å². The summed E-state index contributed by atoms with van der Waals surface area (Å²) >= 11 is 0. The third kappa shape index (κ3) is 1.31. The first-order valence-corrected chi connectivity index (χ1v) is 5.97. The van der Waals surface area contributed by atoms with E-state index in [0.717, 1.165) is 27.9 Å². The predicted molar refractivity (Wildman–Crippen MR) is 72.4 cm³/mol. The van der Waals surface area contributed by atoms with Crippen molar-refractivity contribution in [2.75, 3.05) is 0 Å². The van der Waals surface area contributed by atoms with E-state index in [-0.39, 0.29) is 0 Å². The first kappa shape index (κ1) is 10.2. The lowest BCUT2D eigenvalue weighted by Crippen LogP contribution is -2.01. The average molecular weight is 247 g/mol. The SMILES string of the molecule is ON=C1c2ccccc2-c2nc3ccccc3nc21. The monoisotopic (exact) mass is 247 g/mol. The van der Waals surface area contributed by atoms with E-state index < -0.39 is 0 Å². The summed E-state index contributed by atoms with van der Waals surface area (Å²) in [4.78, 5) is 9.21. The predicted octanol–water partition coefficient (Wildman–Crippen LogP) is 2.84. The number of hydrogen-bond donors (Lipinski definition) is 1. The van der Waals surface area contributed by atoms with Crippen molar-refractivity contribution in [2.45, 2.75) is 0 Å². The van der Waals surface area contributed by atoms with E-state index in [1.807, 2.05) is 48.5 Å². The quantitative estimate of drug-likeness (QED) is 0.384. The zero-order valence-electron chi connectivity index (χ0n) is 9.91. The molecule has 0 atom stereocenters. The molecule has 0 fully saturated rings. The molecule has 1 heterocycles. The van der Waals surface area contributed by atoms with Crippen molar-refractivity contribution in [3.8, 4) is 11.3 Å². The second-order valence-electron chi connectivity index (χ2n) is 4.40. The van der Waals surface area contributed by atoms with Gasteiger partial charge in [0, 0.05) is 11.1 Å². The number of rotatable bonds is 0. The van der Waals surface area contributed by atoms with Crippen LogP contribution in [0.15, 0.2) is 53.7 Å². The number of benzene rings is 2. The number of aromatic nitrogens is 2. The van der Waals surface area contributed by atoms with E-state index in [1.165, 1.54) is 0 Å². The fourth-order valence-corrected chi connectivity index (χ4v) is 2.48. The number of hydrogen-bond acceptors (Lipinski definition) is 4. The normalized spacial score (nSPS) is 14.6. The molecule has 19 heavy (non-hydrogen) atoms. The van der Waals surface area contributed by atoms with E-state index in [2.05, 4.69) is 15.1 Å². The van der Waals surface area contributed by atoms with Gasteiger partial charge in [-0.15, -0.1) is 0 Å². The molecule has 4 heteroatoms. The molecule has 0 saturated heterocycles. The smallest absolute Gasteiger partial charge is 0.138 e. The molecule has 0 unspecified atom stereocenters. The van der Waals surface area contributed by atoms with Gasteiger partial charge in [0.2, 0.25) is 0 Å². The minimum atomic E-state index is 0.490. The fraction of sp³-hybridized carbons (Fsp3) is 0. The summed E-state index contributed by atoms with van der Waals surface area (Å²) in [6.45, 7) is 0. The number of para-hydroxylation sites is 2. The van der Waals surface area contributed by atoms with Gasteiger partial charge in [0.25, 0.3) is 0 Å². The molecular weight excluding hydrogens is 238 g/mol. The van der Waals surface area contributed by atoms with E-state index in [1.54, 1.807) is 0 Å². The van der Waals surface area contributed by atoms with Crippen LogP contribution in [0.1, 0.15) is 11.3 Å². The van der Waals surface area contributed by atoms with E-state index in [0.29, 0.717) is 11.4 Å². The highest BCUT2D eigenvalue weighted by Crippen LogP contribution is 2.35. The second-order valence-corrected chi connectivity index (χ2v) is 4.40. The van der Waals surface area contributed by atoms with Crippen LogP contribution in [0.4, 0.5) is 0 Å². The lowest BCUT2D eigenvalue weighted by Gasteiger charge is -2.01. The Morgan fingerprint density at radius 1 is 0.737 bits per heavy atom. The van der Waals surface area contributed by atoms with Gasteiger partial charge in [-0.3, -0.25) is 0 Å². The van der Waals surface area contributed by atoms with Crippen LogP contribution in [-0.2, 0) is 0 Å². The van der Waals surface area contributed by atoms with Crippen molar-refractivity contribution in [1.82, 2.24) is 9.97 Å². The maximum absolute atomic E-state index is 9.25. The summed E-state index contributed by atoms with van der Waals surface area (Å²) in [5, 5.41) is 12.6. The molecule has 0 bridgehead atoms. The topological polar surface area (TPSA) is 58.4 Å². The van der Waals surface area contributed by atoms with Crippen molar-refractivity contribution in [3.63, 3.8) is 0 Å². The molecule has 4 nitrogen and oxygen atoms in total. The number of oxime groups is 1. The van der Waals surface area contributed by atoms with Gasteiger partial charge in [0.05, 0.1) is 16.7 Å². The highest BCUT2D eigenvalue weighted by Gasteiger charge is 2.28. The molecule has 0 spiro atoms.